The molecule has 1 fully saturated rings. The number of nitrogen functional groups attached to an aromatic ring is 1. The lowest BCUT2D eigenvalue weighted by molar-refractivity contribution is -0.121. The average Bonchev–Trinajstić information content (AvgIpc) is 2.64. The molecule has 1 saturated heterocycles. The van der Waals surface area contributed by atoms with Crippen molar-refractivity contribution >= 4 is 48.0 Å². The second-order valence-corrected chi connectivity index (χ2v) is 5.90. The van der Waals surface area contributed by atoms with E-state index in [0.29, 0.717) is 30.0 Å². The highest BCUT2D eigenvalue weighted by molar-refractivity contribution is 5.97. The van der Waals surface area contributed by atoms with Gasteiger partial charge in [-0.15, -0.1) is 24.8 Å². The van der Waals surface area contributed by atoms with Gasteiger partial charge in [0.1, 0.15) is 0 Å². The highest BCUT2D eigenvalue weighted by atomic mass is 35.5. The summed E-state index contributed by atoms with van der Waals surface area (Å²) in [5.74, 6) is -0.390. The molecule has 2 amide bonds. The van der Waals surface area contributed by atoms with Gasteiger partial charge in [-0.2, -0.15) is 0 Å². The van der Waals surface area contributed by atoms with Gasteiger partial charge in [0.15, 0.2) is 0 Å². The Labute approximate surface area is 165 Å². The number of para-hydroxylation sites is 2. The molecule has 8 heteroatoms. The maximum absolute atomic E-state index is 12.5. The zero-order valence-corrected chi connectivity index (χ0v) is 15.8. The van der Waals surface area contributed by atoms with Crippen LogP contribution in [-0.2, 0) is 4.79 Å². The van der Waals surface area contributed by atoms with Gasteiger partial charge >= 0.3 is 0 Å². The molecule has 0 saturated carbocycles. The summed E-state index contributed by atoms with van der Waals surface area (Å²) in [7, 11) is 0. The number of aromatic nitrogens is 1. The molecular formula is C18H22Cl2N4O2. The van der Waals surface area contributed by atoms with Crippen molar-refractivity contribution in [2.45, 2.75) is 12.8 Å². The molecule has 0 radical (unpaired) electrons. The zero-order chi connectivity index (χ0) is 16.9. The molecule has 1 aromatic heterocycles. The number of rotatable bonds is 3. The molecule has 2 heterocycles. The van der Waals surface area contributed by atoms with E-state index in [1.165, 1.54) is 0 Å². The molecule has 2 aromatic rings. The maximum atomic E-state index is 12.5. The first kappa shape index (κ1) is 21.7. The van der Waals surface area contributed by atoms with Crippen molar-refractivity contribution < 1.29 is 9.59 Å². The maximum Gasteiger partial charge on any atom is 0.253 e. The Morgan fingerprint density at radius 3 is 2.50 bits per heavy atom. The average molecular weight is 397 g/mol. The number of benzene rings is 1. The van der Waals surface area contributed by atoms with E-state index in [1.54, 1.807) is 41.6 Å². The normalized spacial score (nSPS) is 16.0. The van der Waals surface area contributed by atoms with Crippen molar-refractivity contribution in [2.24, 2.45) is 5.92 Å². The number of anilines is 2. The van der Waals surface area contributed by atoms with Gasteiger partial charge in [0.05, 0.1) is 17.3 Å². The smallest absolute Gasteiger partial charge is 0.253 e. The third-order valence-electron chi connectivity index (χ3n) is 4.23. The molecule has 6 nitrogen and oxygen atoms in total. The number of carbonyl (C=O) groups excluding carboxylic acids is 2. The van der Waals surface area contributed by atoms with Gasteiger partial charge in [-0.25, -0.2) is 0 Å². The van der Waals surface area contributed by atoms with Crippen LogP contribution in [0.4, 0.5) is 11.4 Å². The summed E-state index contributed by atoms with van der Waals surface area (Å²) in [5.41, 5.74) is 7.61. The summed E-state index contributed by atoms with van der Waals surface area (Å²) in [6, 6.07) is 10.5. The predicted octanol–water partition coefficient (Wildman–Crippen LogP) is 3.00. The van der Waals surface area contributed by atoms with Crippen LogP contribution in [0.1, 0.15) is 23.2 Å². The molecular weight excluding hydrogens is 375 g/mol. The molecule has 3 N–H and O–H groups in total. The fourth-order valence-electron chi connectivity index (χ4n) is 2.90. The van der Waals surface area contributed by atoms with Gasteiger partial charge in [-0.05, 0) is 37.1 Å². The summed E-state index contributed by atoms with van der Waals surface area (Å²) in [6.45, 7) is 1.08. The lowest BCUT2D eigenvalue weighted by Crippen LogP contribution is -2.43. The van der Waals surface area contributed by atoms with Crippen LogP contribution in [0.2, 0.25) is 0 Å². The number of piperidine rings is 1. The SMILES string of the molecule is Cl.Cl.Nc1ccccc1NC(=O)C1CCCN(C(=O)c2ccncc2)C1. The van der Waals surface area contributed by atoms with Crippen molar-refractivity contribution in [1.29, 1.82) is 0 Å². The van der Waals surface area contributed by atoms with Crippen LogP contribution in [0.25, 0.3) is 0 Å². The molecule has 1 atom stereocenters. The monoisotopic (exact) mass is 396 g/mol. The Morgan fingerprint density at radius 1 is 1.12 bits per heavy atom. The number of amides is 2. The molecule has 26 heavy (non-hydrogen) atoms. The van der Waals surface area contributed by atoms with Gasteiger partial charge in [0, 0.05) is 31.0 Å². The van der Waals surface area contributed by atoms with Crippen molar-refractivity contribution in [1.82, 2.24) is 9.88 Å². The number of likely N-dealkylation sites (tertiary alicyclic amines) is 1. The quantitative estimate of drug-likeness (QED) is 0.780. The van der Waals surface area contributed by atoms with Crippen LogP contribution in [-0.4, -0.2) is 34.8 Å². The standard InChI is InChI=1S/C18H20N4O2.2ClH/c19-15-5-1-2-6-16(15)21-17(23)14-4-3-11-22(12-14)18(24)13-7-9-20-10-8-13;;/h1-2,5-10,14H,3-4,11-12,19H2,(H,21,23);2*1H. The van der Waals surface area contributed by atoms with Crippen LogP contribution in [0.15, 0.2) is 48.8 Å². The predicted molar refractivity (Wildman–Crippen MR) is 107 cm³/mol. The number of pyridine rings is 1. The first-order valence-corrected chi connectivity index (χ1v) is 8.00. The molecule has 3 rings (SSSR count). The van der Waals surface area contributed by atoms with E-state index in [-0.39, 0.29) is 42.5 Å². The third kappa shape index (κ3) is 5.09. The van der Waals surface area contributed by atoms with Gasteiger partial charge in [0.2, 0.25) is 5.91 Å². The number of hydrogen-bond acceptors (Lipinski definition) is 4. The number of halogens is 2. The molecule has 1 aliphatic heterocycles. The van der Waals surface area contributed by atoms with Crippen LogP contribution >= 0.6 is 24.8 Å². The van der Waals surface area contributed by atoms with E-state index in [4.69, 9.17) is 5.73 Å². The topological polar surface area (TPSA) is 88.3 Å². The first-order chi connectivity index (χ1) is 11.6. The van der Waals surface area contributed by atoms with E-state index < -0.39 is 0 Å². The number of nitrogens with one attached hydrogen (secondary N) is 1. The Hall–Kier alpha value is -2.31. The van der Waals surface area contributed by atoms with Crippen molar-refractivity contribution in [3.8, 4) is 0 Å². The fraction of sp³-hybridized carbons (Fsp3) is 0.278. The van der Waals surface area contributed by atoms with Crippen LogP contribution in [0.5, 0.6) is 0 Å². The number of nitrogens with zero attached hydrogens (tertiary/aromatic N) is 2. The molecule has 0 bridgehead atoms. The molecule has 0 spiro atoms. The summed E-state index contributed by atoms with van der Waals surface area (Å²) in [5, 5.41) is 2.87. The zero-order valence-electron chi connectivity index (χ0n) is 14.1. The molecule has 1 aromatic carbocycles. The third-order valence-corrected chi connectivity index (χ3v) is 4.23. The van der Waals surface area contributed by atoms with Gasteiger partial charge in [-0.1, -0.05) is 12.1 Å². The van der Waals surface area contributed by atoms with Gasteiger partial charge in [-0.3, -0.25) is 14.6 Å². The van der Waals surface area contributed by atoms with Crippen LogP contribution in [0.3, 0.4) is 0 Å². The van der Waals surface area contributed by atoms with E-state index in [0.717, 1.165) is 12.8 Å². The Balaban J connectivity index is 0.00000169. The summed E-state index contributed by atoms with van der Waals surface area (Å²) >= 11 is 0. The summed E-state index contributed by atoms with van der Waals surface area (Å²) in [4.78, 5) is 30.7. The van der Waals surface area contributed by atoms with E-state index in [2.05, 4.69) is 10.3 Å². The van der Waals surface area contributed by atoms with Crippen molar-refractivity contribution in [3.63, 3.8) is 0 Å². The van der Waals surface area contributed by atoms with E-state index in [1.807, 2.05) is 12.1 Å². The lowest BCUT2D eigenvalue weighted by Gasteiger charge is -2.32. The van der Waals surface area contributed by atoms with Gasteiger partial charge < -0.3 is 16.0 Å². The fourth-order valence-corrected chi connectivity index (χ4v) is 2.90. The Morgan fingerprint density at radius 2 is 1.81 bits per heavy atom. The summed E-state index contributed by atoms with van der Waals surface area (Å²) < 4.78 is 0. The second kappa shape index (κ2) is 9.99. The number of hydrogen-bond donors (Lipinski definition) is 2. The first-order valence-electron chi connectivity index (χ1n) is 8.00. The second-order valence-electron chi connectivity index (χ2n) is 5.90. The number of carbonyl (C=O) groups is 2. The summed E-state index contributed by atoms with van der Waals surface area (Å²) in [6.07, 6.45) is 4.76. The highest BCUT2D eigenvalue weighted by Crippen LogP contribution is 2.22. The number of nitrogens with two attached hydrogens (primary N) is 1. The van der Waals surface area contributed by atoms with Crippen molar-refractivity contribution in [3.05, 3.63) is 54.4 Å². The van der Waals surface area contributed by atoms with Crippen molar-refractivity contribution in [2.75, 3.05) is 24.1 Å². The van der Waals surface area contributed by atoms with Gasteiger partial charge in [0.25, 0.3) is 5.91 Å². The molecule has 1 unspecified atom stereocenters. The molecule has 140 valence electrons. The minimum atomic E-state index is -0.232. The minimum Gasteiger partial charge on any atom is -0.397 e. The minimum absolute atomic E-state index is 0. The largest absolute Gasteiger partial charge is 0.397 e. The Bertz CT molecular complexity index is 743. The molecule has 1 aliphatic rings. The lowest BCUT2D eigenvalue weighted by atomic mass is 9.96. The van der Waals surface area contributed by atoms with E-state index >= 15 is 0 Å². The van der Waals surface area contributed by atoms with Crippen LogP contribution in [0, 0.1) is 5.92 Å². The van der Waals surface area contributed by atoms with Crippen LogP contribution < -0.4 is 11.1 Å². The molecule has 0 aliphatic carbocycles. The Kier molecular flexibility index (Phi) is 8.35. The highest BCUT2D eigenvalue weighted by Gasteiger charge is 2.29. The van der Waals surface area contributed by atoms with E-state index in [9.17, 15) is 9.59 Å².